The summed E-state index contributed by atoms with van der Waals surface area (Å²) in [6.07, 6.45) is 0. The van der Waals surface area contributed by atoms with Crippen molar-refractivity contribution < 1.29 is 19.2 Å². The summed E-state index contributed by atoms with van der Waals surface area (Å²) in [6.45, 7) is 3.44. The average molecular weight is 386 g/mol. The molecular weight excluding hydrogens is 364 g/mol. The first kappa shape index (κ1) is 20.8. The number of ether oxygens (including phenoxy) is 1. The number of hydrogen-bond acceptors (Lipinski definition) is 6. The summed E-state index contributed by atoms with van der Waals surface area (Å²) < 4.78 is 5.63. The zero-order chi connectivity index (χ0) is 20.7. The number of benzene rings is 2. The van der Waals surface area contributed by atoms with E-state index in [1.54, 1.807) is 24.3 Å². The van der Waals surface area contributed by atoms with Crippen LogP contribution >= 0.6 is 0 Å². The van der Waals surface area contributed by atoms with Gasteiger partial charge in [-0.2, -0.15) is 0 Å². The van der Waals surface area contributed by atoms with Crippen LogP contribution in [-0.2, 0) is 9.59 Å². The molecule has 0 aliphatic carbocycles. The van der Waals surface area contributed by atoms with Crippen molar-refractivity contribution in [1.29, 1.82) is 0 Å². The number of carbonyl (C=O) groups is 2. The Morgan fingerprint density at radius 3 is 2.43 bits per heavy atom. The van der Waals surface area contributed by atoms with E-state index in [4.69, 9.17) is 10.5 Å². The minimum atomic E-state index is -0.675. The Kier molecular flexibility index (Phi) is 7.05. The van der Waals surface area contributed by atoms with E-state index in [9.17, 15) is 19.7 Å². The van der Waals surface area contributed by atoms with Crippen molar-refractivity contribution in [1.82, 2.24) is 5.32 Å². The monoisotopic (exact) mass is 386 g/mol. The fourth-order valence-electron chi connectivity index (χ4n) is 2.20. The van der Waals surface area contributed by atoms with E-state index in [0.717, 1.165) is 0 Å². The number of nitro benzene ring substituents is 1. The van der Waals surface area contributed by atoms with E-state index >= 15 is 0 Å². The second-order valence-electron chi connectivity index (χ2n) is 6.42. The van der Waals surface area contributed by atoms with Crippen molar-refractivity contribution in [3.63, 3.8) is 0 Å². The molecule has 0 bridgehead atoms. The third kappa shape index (κ3) is 6.06. The molecule has 2 aromatic carbocycles. The smallest absolute Gasteiger partial charge is 0.269 e. The maximum Gasteiger partial charge on any atom is 0.269 e. The number of anilines is 1. The van der Waals surface area contributed by atoms with Crippen molar-refractivity contribution in [3.8, 4) is 11.5 Å². The molecule has 4 N–H and O–H groups in total. The Morgan fingerprint density at radius 2 is 1.82 bits per heavy atom. The van der Waals surface area contributed by atoms with Gasteiger partial charge in [-0.25, -0.2) is 0 Å². The van der Waals surface area contributed by atoms with Gasteiger partial charge < -0.3 is 21.1 Å². The van der Waals surface area contributed by atoms with Crippen molar-refractivity contribution >= 4 is 23.2 Å². The summed E-state index contributed by atoms with van der Waals surface area (Å²) in [7, 11) is 0. The van der Waals surface area contributed by atoms with Gasteiger partial charge >= 0.3 is 0 Å². The van der Waals surface area contributed by atoms with E-state index in [0.29, 0.717) is 17.2 Å². The van der Waals surface area contributed by atoms with Gasteiger partial charge in [0.15, 0.2) is 0 Å². The molecule has 0 aromatic heterocycles. The Labute approximate surface area is 162 Å². The Hall–Kier alpha value is -3.46. The van der Waals surface area contributed by atoms with E-state index in [1.807, 2.05) is 13.8 Å². The predicted molar refractivity (Wildman–Crippen MR) is 104 cm³/mol. The molecule has 0 heterocycles. The summed E-state index contributed by atoms with van der Waals surface area (Å²) in [5.74, 6) is 0.0371. The summed E-state index contributed by atoms with van der Waals surface area (Å²) in [4.78, 5) is 34.0. The molecular formula is C19H22N4O5. The Bertz CT molecular complexity index is 852. The molecule has 9 nitrogen and oxygen atoms in total. The lowest BCUT2D eigenvalue weighted by Gasteiger charge is -2.15. The zero-order valence-electron chi connectivity index (χ0n) is 15.5. The van der Waals surface area contributed by atoms with Gasteiger partial charge in [0, 0.05) is 23.9 Å². The molecule has 2 aromatic rings. The summed E-state index contributed by atoms with van der Waals surface area (Å²) in [5, 5.41) is 15.8. The number of nitrogens with one attached hydrogen (secondary N) is 2. The van der Waals surface area contributed by atoms with Crippen LogP contribution in [0.1, 0.15) is 13.8 Å². The Morgan fingerprint density at radius 1 is 1.14 bits per heavy atom. The van der Waals surface area contributed by atoms with Crippen LogP contribution in [0.2, 0.25) is 0 Å². The van der Waals surface area contributed by atoms with Crippen LogP contribution in [0.5, 0.6) is 11.5 Å². The van der Waals surface area contributed by atoms with Gasteiger partial charge in [-0.05, 0) is 30.2 Å². The topological polar surface area (TPSA) is 137 Å². The number of nitrogens with two attached hydrogens (primary N) is 1. The molecule has 28 heavy (non-hydrogen) atoms. The SMILES string of the molecule is CC(C)[C@H](N)C(=O)NCC(=O)Nc1cccc(Oc2ccc([N+](=O)[O-])cc2)c1. The predicted octanol–water partition coefficient (Wildman–Crippen LogP) is 2.43. The lowest BCUT2D eigenvalue weighted by molar-refractivity contribution is -0.384. The van der Waals surface area contributed by atoms with Crippen LogP contribution in [0.15, 0.2) is 48.5 Å². The van der Waals surface area contributed by atoms with Crippen molar-refractivity contribution in [3.05, 3.63) is 58.6 Å². The van der Waals surface area contributed by atoms with Gasteiger partial charge in [-0.15, -0.1) is 0 Å². The number of hydrogen-bond donors (Lipinski definition) is 3. The lowest BCUT2D eigenvalue weighted by atomic mass is 10.1. The minimum Gasteiger partial charge on any atom is -0.457 e. The van der Waals surface area contributed by atoms with Crippen LogP contribution in [0.25, 0.3) is 0 Å². The number of rotatable bonds is 8. The van der Waals surface area contributed by atoms with Crippen LogP contribution < -0.4 is 21.1 Å². The van der Waals surface area contributed by atoms with Crippen molar-refractivity contribution in [2.24, 2.45) is 11.7 Å². The quantitative estimate of drug-likeness (QED) is 0.471. The van der Waals surface area contributed by atoms with Crippen molar-refractivity contribution in [2.45, 2.75) is 19.9 Å². The van der Waals surface area contributed by atoms with Crippen LogP contribution in [0.3, 0.4) is 0 Å². The molecule has 0 aliphatic heterocycles. The molecule has 0 unspecified atom stereocenters. The first-order chi connectivity index (χ1) is 13.3. The van der Waals surface area contributed by atoms with Crippen LogP contribution in [0.4, 0.5) is 11.4 Å². The number of amides is 2. The molecule has 2 amide bonds. The molecule has 0 fully saturated rings. The number of non-ortho nitro benzene ring substituents is 1. The van der Waals surface area contributed by atoms with Gasteiger partial charge in [0.1, 0.15) is 11.5 Å². The van der Waals surface area contributed by atoms with E-state index in [-0.39, 0.29) is 24.1 Å². The molecule has 0 saturated heterocycles. The number of nitro groups is 1. The standard InChI is InChI=1S/C19H22N4O5/c1-12(2)18(20)19(25)21-11-17(24)22-13-4-3-5-16(10-13)28-15-8-6-14(7-9-15)23(26)27/h3-10,12,18H,11,20H2,1-2H3,(H,21,25)(H,22,24)/t18-/m0/s1. The third-order valence-corrected chi connectivity index (χ3v) is 3.85. The molecule has 9 heteroatoms. The highest BCUT2D eigenvalue weighted by atomic mass is 16.6. The third-order valence-electron chi connectivity index (χ3n) is 3.85. The maximum absolute atomic E-state index is 12.0. The number of carbonyl (C=O) groups excluding carboxylic acids is 2. The van der Waals surface area contributed by atoms with E-state index in [2.05, 4.69) is 10.6 Å². The molecule has 0 radical (unpaired) electrons. The van der Waals surface area contributed by atoms with Gasteiger partial charge in [-0.3, -0.25) is 19.7 Å². The van der Waals surface area contributed by atoms with E-state index in [1.165, 1.54) is 24.3 Å². The summed E-state index contributed by atoms with van der Waals surface area (Å²) >= 11 is 0. The lowest BCUT2D eigenvalue weighted by Crippen LogP contribution is -2.46. The van der Waals surface area contributed by atoms with E-state index < -0.39 is 16.9 Å². The van der Waals surface area contributed by atoms with Crippen LogP contribution in [-0.4, -0.2) is 29.3 Å². The molecule has 0 aliphatic rings. The van der Waals surface area contributed by atoms with Gasteiger partial charge in [0.25, 0.3) is 5.69 Å². The largest absolute Gasteiger partial charge is 0.457 e. The summed E-state index contributed by atoms with van der Waals surface area (Å²) in [6, 6.07) is 11.6. The van der Waals surface area contributed by atoms with Gasteiger partial charge in [0.2, 0.25) is 11.8 Å². The fourth-order valence-corrected chi connectivity index (χ4v) is 2.20. The fraction of sp³-hybridized carbons (Fsp3) is 0.263. The van der Waals surface area contributed by atoms with Gasteiger partial charge in [0.05, 0.1) is 17.5 Å². The van der Waals surface area contributed by atoms with Crippen molar-refractivity contribution in [2.75, 3.05) is 11.9 Å². The highest BCUT2D eigenvalue weighted by Crippen LogP contribution is 2.25. The highest BCUT2D eigenvalue weighted by molar-refractivity contribution is 5.95. The molecule has 0 spiro atoms. The number of nitrogens with zero attached hydrogens (tertiary/aromatic N) is 1. The maximum atomic E-state index is 12.0. The minimum absolute atomic E-state index is 0.0312. The molecule has 1 atom stereocenters. The zero-order valence-corrected chi connectivity index (χ0v) is 15.5. The summed E-state index contributed by atoms with van der Waals surface area (Å²) in [5.41, 5.74) is 6.16. The molecule has 0 saturated carbocycles. The van der Waals surface area contributed by atoms with Gasteiger partial charge in [-0.1, -0.05) is 19.9 Å². The highest BCUT2D eigenvalue weighted by Gasteiger charge is 2.17. The first-order valence-electron chi connectivity index (χ1n) is 8.62. The van der Waals surface area contributed by atoms with Crippen LogP contribution in [0, 0.1) is 16.0 Å². The second kappa shape index (κ2) is 9.47. The Balaban J connectivity index is 1.92. The average Bonchev–Trinajstić information content (AvgIpc) is 2.66. The molecule has 148 valence electrons. The first-order valence-corrected chi connectivity index (χ1v) is 8.62. The molecule has 2 rings (SSSR count). The second-order valence-corrected chi connectivity index (χ2v) is 6.42. The normalized spacial score (nSPS) is 11.6.